The van der Waals surface area contributed by atoms with E-state index in [1.54, 1.807) is 0 Å². The molecule has 0 saturated heterocycles. The molecule has 3 N–H and O–H groups in total. The molecule has 0 aromatic rings. The van der Waals surface area contributed by atoms with Crippen LogP contribution in [0.25, 0.3) is 0 Å². The highest BCUT2D eigenvalue weighted by atomic mass is 31.2. The topological polar surface area (TPSA) is 237 Å². The van der Waals surface area contributed by atoms with Crippen LogP contribution in [0.15, 0.2) is 0 Å². The van der Waals surface area contributed by atoms with Gasteiger partial charge in [-0.25, -0.2) is 9.13 Å². The number of esters is 4. The van der Waals surface area contributed by atoms with Crippen molar-refractivity contribution in [3.63, 3.8) is 0 Å². The molecule has 0 heterocycles. The third kappa shape index (κ3) is 76.3. The molecule has 0 spiro atoms. The monoisotopic (exact) mass is 1490 g/mol. The SMILES string of the molecule is CCCCCCCCCCCCCCCC(=O)OC[C@H](COP(=O)(O)OC[C@H](O)COP(=O)(O)OC[C@@H](COC(=O)CCCCCCCCCCCCCCCCC(C)C)OC(=O)CCCCCCCCCCCCCCCCCCC(C)C)OC(=O)CCCCCCCCCCCCCCC. The Hall–Kier alpha value is -1.94. The van der Waals surface area contributed by atoms with Crippen LogP contribution in [-0.4, -0.2) is 96.7 Å². The molecule has 0 amide bonds. The normalized spacial score (nSPS) is 13.9. The van der Waals surface area contributed by atoms with Gasteiger partial charge in [0.2, 0.25) is 0 Å². The standard InChI is InChI=1S/C83H162O17P2/c1-7-9-11-13-15-17-19-27-35-41-47-53-59-65-80(85)93-71-78(99-82(87)67-61-55-49-43-37-28-20-18-16-14-12-10-8-2)73-97-101(89,90)95-69-77(84)70-96-102(91,92)98-74-79(72-94-81(86)66-60-54-48-42-36-31-26-25-30-34-40-46-52-58-64-76(5)6)100-83(88)68-62-56-50-44-38-32-24-22-21-23-29-33-39-45-51-57-63-75(3)4/h75-79,84H,7-74H2,1-6H3,(H,89,90)(H,91,92)/t77-,78+,79+/m0/s1. The van der Waals surface area contributed by atoms with Gasteiger partial charge in [-0.1, -0.05) is 388 Å². The van der Waals surface area contributed by atoms with Gasteiger partial charge in [-0.05, 0) is 37.5 Å². The molecular formula is C83H162O17P2. The van der Waals surface area contributed by atoms with Gasteiger partial charge in [-0.3, -0.25) is 37.3 Å². The second kappa shape index (κ2) is 74.5. The molecule has 2 unspecified atom stereocenters. The van der Waals surface area contributed by atoms with Crippen LogP contribution >= 0.6 is 15.6 Å². The summed E-state index contributed by atoms with van der Waals surface area (Å²) in [5, 5.41) is 10.7. The molecule has 5 atom stereocenters. The quantitative estimate of drug-likeness (QED) is 0.0222. The van der Waals surface area contributed by atoms with E-state index in [4.69, 9.17) is 37.0 Å². The van der Waals surface area contributed by atoms with E-state index < -0.39 is 97.5 Å². The van der Waals surface area contributed by atoms with Crippen LogP contribution < -0.4 is 0 Å². The minimum Gasteiger partial charge on any atom is -0.462 e. The zero-order valence-corrected chi connectivity index (χ0v) is 68.7. The average molecular weight is 1490 g/mol. The van der Waals surface area contributed by atoms with Gasteiger partial charge in [0.05, 0.1) is 26.4 Å². The first-order valence-electron chi connectivity index (χ1n) is 43.0. The molecule has 0 aromatic heterocycles. The molecule has 0 aliphatic rings. The first kappa shape index (κ1) is 100. The van der Waals surface area contributed by atoms with Crippen molar-refractivity contribution >= 4 is 39.5 Å². The van der Waals surface area contributed by atoms with E-state index in [1.165, 1.54) is 257 Å². The Labute approximate surface area is 626 Å². The third-order valence-corrected chi connectivity index (χ3v) is 21.4. The molecule has 102 heavy (non-hydrogen) atoms. The number of carbonyl (C=O) groups is 4. The Bertz CT molecular complexity index is 1960. The van der Waals surface area contributed by atoms with Crippen LogP contribution in [0.3, 0.4) is 0 Å². The Morgan fingerprint density at radius 3 is 0.667 bits per heavy atom. The number of carbonyl (C=O) groups excluding carboxylic acids is 4. The van der Waals surface area contributed by atoms with Gasteiger partial charge < -0.3 is 33.8 Å². The van der Waals surface area contributed by atoms with Crippen molar-refractivity contribution in [2.75, 3.05) is 39.6 Å². The lowest BCUT2D eigenvalue weighted by atomic mass is 10.0. The van der Waals surface area contributed by atoms with Crippen molar-refractivity contribution < 1.29 is 80.2 Å². The van der Waals surface area contributed by atoms with Crippen LogP contribution in [0.2, 0.25) is 0 Å². The summed E-state index contributed by atoms with van der Waals surface area (Å²) in [5.41, 5.74) is 0. The van der Waals surface area contributed by atoms with Crippen molar-refractivity contribution in [1.29, 1.82) is 0 Å². The van der Waals surface area contributed by atoms with Crippen molar-refractivity contribution in [2.24, 2.45) is 11.8 Å². The highest BCUT2D eigenvalue weighted by Crippen LogP contribution is 2.45. The third-order valence-electron chi connectivity index (χ3n) is 19.5. The number of rotatable bonds is 82. The second-order valence-corrected chi connectivity index (χ2v) is 33.7. The first-order valence-corrected chi connectivity index (χ1v) is 46.0. The largest absolute Gasteiger partial charge is 0.472 e. The van der Waals surface area contributed by atoms with E-state index in [9.17, 15) is 43.2 Å². The maximum absolute atomic E-state index is 13.1. The Kier molecular flexibility index (Phi) is 73.1. The van der Waals surface area contributed by atoms with Crippen LogP contribution in [0.5, 0.6) is 0 Å². The lowest BCUT2D eigenvalue weighted by Gasteiger charge is -2.21. The summed E-state index contributed by atoms with van der Waals surface area (Å²) in [6.45, 7) is 9.71. The van der Waals surface area contributed by atoms with Gasteiger partial charge in [0.15, 0.2) is 12.2 Å². The minimum atomic E-state index is -4.96. The molecule has 19 heteroatoms. The number of hydrogen-bond acceptors (Lipinski definition) is 15. The molecule has 0 fully saturated rings. The Morgan fingerprint density at radius 1 is 0.265 bits per heavy atom. The van der Waals surface area contributed by atoms with Gasteiger partial charge in [0.1, 0.15) is 19.3 Å². The fourth-order valence-corrected chi connectivity index (χ4v) is 14.5. The zero-order chi connectivity index (χ0) is 74.9. The van der Waals surface area contributed by atoms with Crippen molar-refractivity contribution in [3.05, 3.63) is 0 Å². The zero-order valence-electron chi connectivity index (χ0n) is 66.9. The van der Waals surface area contributed by atoms with Crippen molar-refractivity contribution in [3.8, 4) is 0 Å². The van der Waals surface area contributed by atoms with Gasteiger partial charge in [-0.15, -0.1) is 0 Å². The highest BCUT2D eigenvalue weighted by Gasteiger charge is 2.30. The fourth-order valence-electron chi connectivity index (χ4n) is 12.9. The summed E-state index contributed by atoms with van der Waals surface area (Å²) in [4.78, 5) is 73.1. The van der Waals surface area contributed by atoms with Crippen LogP contribution in [-0.2, 0) is 65.4 Å². The van der Waals surface area contributed by atoms with E-state index in [0.717, 1.165) is 102 Å². The molecule has 0 rings (SSSR count). The number of unbranched alkanes of at least 4 members (excludes halogenated alkanes) is 52. The molecule has 0 saturated carbocycles. The summed E-state index contributed by atoms with van der Waals surface area (Å²) in [6, 6.07) is 0. The molecule has 0 aromatic carbocycles. The van der Waals surface area contributed by atoms with E-state index in [0.29, 0.717) is 25.7 Å². The van der Waals surface area contributed by atoms with E-state index in [2.05, 4.69) is 41.5 Å². The number of phosphoric ester groups is 2. The first-order chi connectivity index (χ1) is 49.4. The molecule has 0 aliphatic carbocycles. The van der Waals surface area contributed by atoms with Crippen LogP contribution in [0, 0.1) is 11.8 Å². The number of aliphatic hydroxyl groups excluding tert-OH is 1. The number of ether oxygens (including phenoxy) is 4. The summed E-state index contributed by atoms with van der Waals surface area (Å²) in [7, 11) is -9.92. The number of hydrogen-bond donors (Lipinski definition) is 3. The van der Waals surface area contributed by atoms with Gasteiger partial charge in [0.25, 0.3) is 0 Å². The molecule has 17 nitrogen and oxygen atoms in total. The predicted molar refractivity (Wildman–Crippen MR) is 418 cm³/mol. The van der Waals surface area contributed by atoms with Crippen molar-refractivity contribution in [1.82, 2.24) is 0 Å². The van der Waals surface area contributed by atoms with Gasteiger partial charge >= 0.3 is 39.5 Å². The summed E-state index contributed by atoms with van der Waals surface area (Å²) in [6.07, 6.45) is 65.0. The smallest absolute Gasteiger partial charge is 0.462 e. The number of aliphatic hydroxyl groups is 1. The van der Waals surface area contributed by atoms with Crippen LogP contribution in [0.4, 0.5) is 0 Å². The van der Waals surface area contributed by atoms with E-state index in [-0.39, 0.29) is 25.7 Å². The highest BCUT2D eigenvalue weighted by molar-refractivity contribution is 7.47. The lowest BCUT2D eigenvalue weighted by Crippen LogP contribution is -2.30. The molecule has 0 bridgehead atoms. The fraction of sp³-hybridized carbons (Fsp3) is 0.952. The summed E-state index contributed by atoms with van der Waals surface area (Å²) < 4.78 is 68.8. The van der Waals surface area contributed by atoms with Gasteiger partial charge in [-0.2, -0.15) is 0 Å². The number of phosphoric acid groups is 2. The second-order valence-electron chi connectivity index (χ2n) is 30.8. The molecule has 606 valence electrons. The van der Waals surface area contributed by atoms with Crippen LogP contribution in [0.1, 0.15) is 440 Å². The maximum atomic E-state index is 13.1. The lowest BCUT2D eigenvalue weighted by molar-refractivity contribution is -0.161. The van der Waals surface area contributed by atoms with Gasteiger partial charge in [0, 0.05) is 25.7 Å². The molecule has 0 radical (unpaired) electrons. The maximum Gasteiger partial charge on any atom is 0.472 e. The minimum absolute atomic E-state index is 0.108. The average Bonchev–Trinajstić information content (AvgIpc) is 0.908. The molecule has 0 aliphatic heterocycles. The van der Waals surface area contributed by atoms with E-state index >= 15 is 0 Å². The Balaban J connectivity index is 5.26. The summed E-state index contributed by atoms with van der Waals surface area (Å²) >= 11 is 0. The van der Waals surface area contributed by atoms with E-state index in [1.807, 2.05) is 0 Å². The molecular weight excluding hydrogens is 1330 g/mol. The Morgan fingerprint density at radius 2 is 0.451 bits per heavy atom. The van der Waals surface area contributed by atoms with Crippen molar-refractivity contribution in [2.45, 2.75) is 458 Å². The predicted octanol–water partition coefficient (Wildman–Crippen LogP) is 25.1. The summed E-state index contributed by atoms with van der Waals surface area (Å²) in [5.74, 6) is -0.494.